The Morgan fingerprint density at radius 2 is 1.62 bits per heavy atom. The number of rotatable bonds is 6. The lowest BCUT2D eigenvalue weighted by atomic mass is 9.98. The van der Waals surface area contributed by atoms with E-state index in [1.165, 1.54) is 12.1 Å². The molecule has 1 aliphatic rings. The molecule has 26 heavy (non-hydrogen) atoms. The summed E-state index contributed by atoms with van der Waals surface area (Å²) in [6, 6.07) is 10.5. The fourth-order valence-electron chi connectivity index (χ4n) is 3.26. The molecule has 0 aromatic heterocycles. The summed E-state index contributed by atoms with van der Waals surface area (Å²) in [5.74, 6) is -1.12. The predicted molar refractivity (Wildman–Crippen MR) is 100 cm³/mol. The fraction of sp³-hybridized carbons (Fsp3) is 0.300. The van der Waals surface area contributed by atoms with Crippen LogP contribution in [-0.4, -0.2) is 20.2 Å². The van der Waals surface area contributed by atoms with E-state index in [-0.39, 0.29) is 11.8 Å². The Bertz CT molecular complexity index is 901. The fourth-order valence-corrected chi connectivity index (χ4v) is 4.60. The van der Waals surface area contributed by atoms with Crippen LogP contribution in [0.25, 0.3) is 16.7 Å². The van der Waals surface area contributed by atoms with E-state index in [2.05, 4.69) is 4.72 Å². The van der Waals surface area contributed by atoms with E-state index in [1.54, 1.807) is 12.1 Å². The van der Waals surface area contributed by atoms with Crippen LogP contribution in [0.4, 0.5) is 8.78 Å². The van der Waals surface area contributed by atoms with Crippen LogP contribution in [0.15, 0.2) is 48.5 Å². The molecule has 3 rings (SSSR count). The van der Waals surface area contributed by atoms with Crippen LogP contribution >= 0.6 is 0 Å². The van der Waals surface area contributed by atoms with Gasteiger partial charge in [-0.1, -0.05) is 37.3 Å². The second-order valence-electron chi connectivity index (χ2n) is 6.46. The third kappa shape index (κ3) is 4.37. The molecule has 6 heteroatoms. The molecular formula is C20H21F2NO2S. The van der Waals surface area contributed by atoms with Crippen LogP contribution in [0.5, 0.6) is 0 Å². The van der Waals surface area contributed by atoms with Crippen LogP contribution in [0.2, 0.25) is 0 Å². The van der Waals surface area contributed by atoms with E-state index >= 15 is 0 Å². The summed E-state index contributed by atoms with van der Waals surface area (Å²) in [6.07, 6.45) is 4.15. The molecule has 0 bridgehead atoms. The molecule has 138 valence electrons. The largest absolute Gasteiger partial charge is 0.212 e. The molecule has 0 saturated heterocycles. The lowest BCUT2D eigenvalue weighted by Crippen LogP contribution is -2.35. The highest BCUT2D eigenvalue weighted by Gasteiger charge is 2.25. The maximum absolute atomic E-state index is 13.4. The lowest BCUT2D eigenvalue weighted by Gasteiger charge is -2.17. The second-order valence-corrected chi connectivity index (χ2v) is 8.34. The van der Waals surface area contributed by atoms with E-state index < -0.39 is 21.7 Å². The van der Waals surface area contributed by atoms with Crippen LogP contribution in [0.3, 0.4) is 0 Å². The van der Waals surface area contributed by atoms with Gasteiger partial charge in [-0.3, -0.25) is 0 Å². The topological polar surface area (TPSA) is 46.2 Å². The molecule has 0 saturated carbocycles. The maximum atomic E-state index is 13.4. The summed E-state index contributed by atoms with van der Waals surface area (Å²) < 4.78 is 53.7. The second kappa shape index (κ2) is 7.68. The van der Waals surface area contributed by atoms with E-state index in [9.17, 15) is 17.2 Å². The van der Waals surface area contributed by atoms with Gasteiger partial charge in [-0.25, -0.2) is 21.9 Å². The van der Waals surface area contributed by atoms with Crippen molar-refractivity contribution in [3.8, 4) is 11.1 Å². The summed E-state index contributed by atoms with van der Waals surface area (Å²) in [6.45, 7) is 1.83. The monoisotopic (exact) mass is 377 g/mol. The minimum atomic E-state index is -3.29. The minimum Gasteiger partial charge on any atom is -0.212 e. The van der Waals surface area contributed by atoms with Crippen molar-refractivity contribution in [3.05, 3.63) is 65.7 Å². The average molecular weight is 377 g/mol. The summed E-state index contributed by atoms with van der Waals surface area (Å²) in [4.78, 5) is 0. The normalized spacial score (nSPS) is 17.3. The van der Waals surface area contributed by atoms with Gasteiger partial charge in [0, 0.05) is 12.1 Å². The highest BCUT2D eigenvalue weighted by Crippen LogP contribution is 2.31. The smallest absolute Gasteiger partial charge is 0.212 e. The Kier molecular flexibility index (Phi) is 5.53. The predicted octanol–water partition coefficient (Wildman–Crippen LogP) is 4.51. The molecule has 1 N–H and O–H groups in total. The number of hydrogen-bond acceptors (Lipinski definition) is 2. The first-order valence-electron chi connectivity index (χ1n) is 8.65. The molecule has 0 fully saturated rings. The molecule has 0 amide bonds. The zero-order chi connectivity index (χ0) is 18.7. The Hall–Kier alpha value is -2.05. The third-order valence-electron chi connectivity index (χ3n) is 4.40. The maximum Gasteiger partial charge on any atom is 0.212 e. The standard InChI is InChI=1S/C20H21F2NO2S/c1-2-10-26(24,25)23-20-5-3-4-19(20)15-8-6-14(7-9-15)16-11-17(21)13-18(22)12-16/h4,6-9,11-13,20,23H,2-3,5,10H2,1H3. The molecule has 2 aromatic carbocycles. The van der Waals surface area contributed by atoms with Crippen LogP contribution in [-0.2, 0) is 10.0 Å². The molecule has 0 radical (unpaired) electrons. The van der Waals surface area contributed by atoms with Crippen molar-refractivity contribution < 1.29 is 17.2 Å². The Labute approximate surface area is 152 Å². The molecular weight excluding hydrogens is 356 g/mol. The van der Waals surface area contributed by atoms with Crippen molar-refractivity contribution in [1.82, 2.24) is 4.72 Å². The average Bonchev–Trinajstić information content (AvgIpc) is 3.01. The molecule has 0 spiro atoms. The van der Waals surface area contributed by atoms with Crippen molar-refractivity contribution in [2.24, 2.45) is 0 Å². The number of hydrogen-bond donors (Lipinski definition) is 1. The highest BCUT2D eigenvalue weighted by atomic mass is 32.2. The van der Waals surface area contributed by atoms with E-state index in [0.29, 0.717) is 17.5 Å². The molecule has 0 aliphatic heterocycles. The van der Waals surface area contributed by atoms with Crippen molar-refractivity contribution >= 4 is 15.6 Å². The number of allylic oxidation sites excluding steroid dienone is 1. The zero-order valence-electron chi connectivity index (χ0n) is 14.5. The van der Waals surface area contributed by atoms with Gasteiger partial charge < -0.3 is 0 Å². The number of halogens is 2. The zero-order valence-corrected chi connectivity index (χ0v) is 15.3. The highest BCUT2D eigenvalue weighted by molar-refractivity contribution is 7.89. The van der Waals surface area contributed by atoms with Crippen molar-refractivity contribution in [3.63, 3.8) is 0 Å². The van der Waals surface area contributed by atoms with Gasteiger partial charge in [0.2, 0.25) is 10.0 Å². The quantitative estimate of drug-likeness (QED) is 0.805. The van der Waals surface area contributed by atoms with Gasteiger partial charge in [0.25, 0.3) is 0 Å². The van der Waals surface area contributed by atoms with Crippen LogP contribution < -0.4 is 4.72 Å². The number of nitrogens with one attached hydrogen (secondary N) is 1. The first-order valence-corrected chi connectivity index (χ1v) is 10.3. The van der Waals surface area contributed by atoms with Crippen LogP contribution in [0.1, 0.15) is 31.7 Å². The molecule has 3 nitrogen and oxygen atoms in total. The Balaban J connectivity index is 1.81. The summed E-state index contributed by atoms with van der Waals surface area (Å²) in [7, 11) is -3.29. The van der Waals surface area contributed by atoms with E-state index in [0.717, 1.165) is 30.0 Å². The first-order chi connectivity index (χ1) is 12.4. The van der Waals surface area contributed by atoms with E-state index in [1.807, 2.05) is 25.1 Å². The van der Waals surface area contributed by atoms with Crippen molar-refractivity contribution in [2.45, 2.75) is 32.2 Å². The summed E-state index contributed by atoms with van der Waals surface area (Å²) in [5, 5.41) is 0. The first kappa shape index (κ1) is 18.7. The molecule has 0 heterocycles. The molecule has 1 aliphatic carbocycles. The number of benzene rings is 2. The van der Waals surface area contributed by atoms with Gasteiger partial charge in [0.15, 0.2) is 0 Å². The van der Waals surface area contributed by atoms with Crippen LogP contribution in [0, 0.1) is 11.6 Å². The van der Waals surface area contributed by atoms with Gasteiger partial charge in [-0.2, -0.15) is 0 Å². The summed E-state index contributed by atoms with van der Waals surface area (Å²) in [5.41, 5.74) is 3.03. The summed E-state index contributed by atoms with van der Waals surface area (Å²) >= 11 is 0. The van der Waals surface area contributed by atoms with Crippen molar-refractivity contribution in [1.29, 1.82) is 0 Å². The van der Waals surface area contributed by atoms with Gasteiger partial charge in [-0.05, 0) is 53.7 Å². The number of sulfonamides is 1. The van der Waals surface area contributed by atoms with Gasteiger partial charge in [-0.15, -0.1) is 0 Å². The Morgan fingerprint density at radius 1 is 1.00 bits per heavy atom. The van der Waals surface area contributed by atoms with E-state index in [4.69, 9.17) is 0 Å². The Morgan fingerprint density at radius 3 is 2.23 bits per heavy atom. The van der Waals surface area contributed by atoms with Gasteiger partial charge in [0.1, 0.15) is 11.6 Å². The third-order valence-corrected chi connectivity index (χ3v) is 5.99. The lowest BCUT2D eigenvalue weighted by molar-refractivity contribution is 0.569. The molecule has 1 atom stereocenters. The van der Waals surface area contributed by atoms with Gasteiger partial charge in [0.05, 0.1) is 5.75 Å². The molecule has 2 aromatic rings. The SMILES string of the molecule is CCCS(=O)(=O)NC1CCC=C1c1ccc(-c2cc(F)cc(F)c2)cc1. The van der Waals surface area contributed by atoms with Gasteiger partial charge >= 0.3 is 0 Å². The van der Waals surface area contributed by atoms with Crippen molar-refractivity contribution in [2.75, 3.05) is 5.75 Å². The molecule has 1 unspecified atom stereocenters. The minimum absolute atomic E-state index is 0.112.